The van der Waals surface area contributed by atoms with Crippen LogP contribution in [0.2, 0.25) is 0 Å². The predicted molar refractivity (Wildman–Crippen MR) is 72.7 cm³/mol. The Bertz CT molecular complexity index is 385. The van der Waals surface area contributed by atoms with E-state index < -0.39 is 0 Å². The summed E-state index contributed by atoms with van der Waals surface area (Å²) in [5, 5.41) is 0. The van der Waals surface area contributed by atoms with Gasteiger partial charge in [0.1, 0.15) is 11.6 Å². The minimum absolute atomic E-state index is 0.525. The smallest absolute Gasteiger partial charge is 0.127 e. The van der Waals surface area contributed by atoms with Gasteiger partial charge in [0.05, 0.1) is 12.2 Å². The van der Waals surface area contributed by atoms with E-state index in [-0.39, 0.29) is 0 Å². The normalized spacial score (nSPS) is 10.4. The van der Waals surface area contributed by atoms with Gasteiger partial charge in [0, 0.05) is 6.42 Å². The lowest BCUT2D eigenvalue weighted by molar-refractivity contribution is 0.662. The number of terminal acetylenes is 1. The molecule has 2 N–H and O–H groups in total. The monoisotopic (exact) mass is 233 g/mol. The molecular formula is C14H23N3. The number of aromatic nitrogens is 2. The number of unbranched alkanes of at least 4 members (excludes halogenated alkanes) is 3. The summed E-state index contributed by atoms with van der Waals surface area (Å²) >= 11 is 0. The van der Waals surface area contributed by atoms with E-state index in [1.54, 1.807) is 0 Å². The summed E-state index contributed by atoms with van der Waals surface area (Å²) in [4.78, 5) is 4.59. The fourth-order valence-corrected chi connectivity index (χ4v) is 2.01. The van der Waals surface area contributed by atoms with Gasteiger partial charge in [-0.3, -0.25) is 0 Å². The van der Waals surface area contributed by atoms with Crippen LogP contribution in [0.25, 0.3) is 0 Å². The SMILES string of the molecule is C#CCn1c(CC)nc(CCCCCC)c1N. The topological polar surface area (TPSA) is 43.8 Å². The molecule has 1 rings (SSSR count). The second-order valence-electron chi connectivity index (χ2n) is 4.31. The van der Waals surface area contributed by atoms with Crippen molar-refractivity contribution in [2.45, 2.75) is 58.9 Å². The highest BCUT2D eigenvalue weighted by molar-refractivity contribution is 5.39. The van der Waals surface area contributed by atoms with Crippen LogP contribution in [-0.2, 0) is 19.4 Å². The minimum Gasteiger partial charge on any atom is -0.384 e. The van der Waals surface area contributed by atoms with Crippen LogP contribution in [-0.4, -0.2) is 9.55 Å². The predicted octanol–water partition coefficient (Wildman–Crippen LogP) is 2.78. The fraction of sp³-hybridized carbons (Fsp3) is 0.643. The van der Waals surface area contributed by atoms with Crippen molar-refractivity contribution < 1.29 is 0 Å². The zero-order chi connectivity index (χ0) is 12.7. The zero-order valence-electron chi connectivity index (χ0n) is 11.0. The molecule has 0 spiro atoms. The number of nitrogens with zero attached hydrogens (tertiary/aromatic N) is 2. The van der Waals surface area contributed by atoms with Crippen LogP contribution in [0.4, 0.5) is 5.82 Å². The average molecular weight is 233 g/mol. The molecule has 0 saturated carbocycles. The lowest BCUT2D eigenvalue weighted by Gasteiger charge is -2.04. The Balaban J connectivity index is 2.69. The summed E-state index contributed by atoms with van der Waals surface area (Å²) in [6, 6.07) is 0. The van der Waals surface area contributed by atoms with E-state index in [0.717, 1.165) is 36.6 Å². The van der Waals surface area contributed by atoms with Crippen LogP contribution in [0, 0.1) is 12.3 Å². The molecule has 0 bridgehead atoms. The van der Waals surface area contributed by atoms with Crippen molar-refractivity contribution in [1.29, 1.82) is 0 Å². The van der Waals surface area contributed by atoms with Crippen LogP contribution in [0.5, 0.6) is 0 Å². The van der Waals surface area contributed by atoms with Crippen molar-refractivity contribution in [1.82, 2.24) is 9.55 Å². The summed E-state index contributed by atoms with van der Waals surface area (Å²) in [5.41, 5.74) is 7.11. The number of nitrogen functional groups attached to an aromatic ring is 1. The molecule has 0 saturated heterocycles. The Morgan fingerprint density at radius 1 is 1.29 bits per heavy atom. The second kappa shape index (κ2) is 7.01. The van der Waals surface area contributed by atoms with Crippen molar-refractivity contribution in [3.63, 3.8) is 0 Å². The fourth-order valence-electron chi connectivity index (χ4n) is 2.01. The first kappa shape index (κ1) is 13.6. The summed E-state index contributed by atoms with van der Waals surface area (Å²) < 4.78 is 1.95. The maximum atomic E-state index is 6.09. The van der Waals surface area contributed by atoms with Crippen LogP contribution in [0.1, 0.15) is 51.0 Å². The molecule has 3 nitrogen and oxygen atoms in total. The lowest BCUT2D eigenvalue weighted by Crippen LogP contribution is -2.05. The summed E-state index contributed by atoms with van der Waals surface area (Å²) in [6.45, 7) is 4.82. The maximum Gasteiger partial charge on any atom is 0.127 e. The van der Waals surface area contributed by atoms with Gasteiger partial charge in [-0.1, -0.05) is 39.0 Å². The van der Waals surface area contributed by atoms with Gasteiger partial charge >= 0.3 is 0 Å². The standard InChI is InChI=1S/C14H23N3/c1-4-7-8-9-10-12-14(15)17(11-5-2)13(6-3)16-12/h2H,4,6-11,15H2,1,3H3. The Morgan fingerprint density at radius 2 is 2.06 bits per heavy atom. The molecule has 1 aromatic rings. The first-order valence-corrected chi connectivity index (χ1v) is 6.51. The molecular weight excluding hydrogens is 210 g/mol. The molecule has 0 atom stereocenters. The molecule has 1 heterocycles. The van der Waals surface area contributed by atoms with Gasteiger partial charge in [0.2, 0.25) is 0 Å². The molecule has 0 aliphatic rings. The number of nitrogens with two attached hydrogens (primary N) is 1. The summed E-state index contributed by atoms with van der Waals surface area (Å²) in [7, 11) is 0. The number of aryl methyl sites for hydroxylation is 2. The summed E-state index contributed by atoms with van der Waals surface area (Å²) in [6.07, 6.45) is 12.1. The second-order valence-corrected chi connectivity index (χ2v) is 4.31. The van der Waals surface area contributed by atoms with E-state index in [0.29, 0.717) is 6.54 Å². The Hall–Kier alpha value is -1.43. The van der Waals surface area contributed by atoms with E-state index >= 15 is 0 Å². The number of hydrogen-bond acceptors (Lipinski definition) is 2. The third kappa shape index (κ3) is 3.52. The highest BCUT2D eigenvalue weighted by Crippen LogP contribution is 2.17. The van der Waals surface area contributed by atoms with Crippen molar-refractivity contribution in [2.75, 3.05) is 5.73 Å². The van der Waals surface area contributed by atoms with E-state index in [2.05, 4.69) is 24.8 Å². The van der Waals surface area contributed by atoms with Crippen molar-refractivity contribution in [2.24, 2.45) is 0 Å². The molecule has 0 radical (unpaired) electrons. The van der Waals surface area contributed by atoms with Gasteiger partial charge in [0.15, 0.2) is 0 Å². The lowest BCUT2D eigenvalue weighted by atomic mass is 10.1. The number of anilines is 1. The largest absolute Gasteiger partial charge is 0.384 e. The van der Waals surface area contributed by atoms with Crippen LogP contribution >= 0.6 is 0 Å². The third-order valence-corrected chi connectivity index (χ3v) is 2.99. The first-order valence-electron chi connectivity index (χ1n) is 6.51. The summed E-state index contributed by atoms with van der Waals surface area (Å²) in [5.74, 6) is 4.40. The van der Waals surface area contributed by atoms with E-state index in [4.69, 9.17) is 12.2 Å². The van der Waals surface area contributed by atoms with Crippen LogP contribution in [0.3, 0.4) is 0 Å². The van der Waals surface area contributed by atoms with E-state index in [9.17, 15) is 0 Å². The molecule has 3 heteroatoms. The highest BCUT2D eigenvalue weighted by Gasteiger charge is 2.12. The number of imidazole rings is 1. The van der Waals surface area contributed by atoms with Crippen molar-refractivity contribution in [3.05, 3.63) is 11.5 Å². The average Bonchev–Trinajstić information content (AvgIpc) is 2.63. The Morgan fingerprint density at radius 3 is 2.65 bits per heavy atom. The number of hydrogen-bond donors (Lipinski definition) is 1. The highest BCUT2D eigenvalue weighted by atomic mass is 15.1. The van der Waals surface area contributed by atoms with Crippen LogP contribution in [0.15, 0.2) is 0 Å². The van der Waals surface area contributed by atoms with Gasteiger partial charge in [-0.15, -0.1) is 6.42 Å². The van der Waals surface area contributed by atoms with Crippen molar-refractivity contribution >= 4 is 5.82 Å². The quantitative estimate of drug-likeness (QED) is 0.581. The zero-order valence-corrected chi connectivity index (χ0v) is 11.0. The molecule has 1 aromatic heterocycles. The minimum atomic E-state index is 0.525. The third-order valence-electron chi connectivity index (χ3n) is 2.99. The molecule has 0 unspecified atom stereocenters. The Labute approximate surface area is 104 Å². The molecule has 0 fully saturated rings. The number of rotatable bonds is 7. The van der Waals surface area contributed by atoms with Crippen molar-refractivity contribution in [3.8, 4) is 12.3 Å². The van der Waals surface area contributed by atoms with Crippen LogP contribution < -0.4 is 5.73 Å². The molecule has 17 heavy (non-hydrogen) atoms. The molecule has 94 valence electrons. The van der Waals surface area contributed by atoms with E-state index in [1.807, 2.05) is 4.57 Å². The van der Waals surface area contributed by atoms with Gasteiger partial charge in [-0.25, -0.2) is 4.98 Å². The Kier molecular flexibility index (Phi) is 5.62. The molecule has 0 aromatic carbocycles. The molecule has 0 aliphatic heterocycles. The first-order chi connectivity index (χ1) is 8.24. The molecule has 0 aliphatic carbocycles. The maximum absolute atomic E-state index is 6.09. The molecule has 0 amide bonds. The van der Waals surface area contributed by atoms with Gasteiger partial charge < -0.3 is 10.3 Å². The van der Waals surface area contributed by atoms with E-state index in [1.165, 1.54) is 19.3 Å². The van der Waals surface area contributed by atoms with Gasteiger partial charge in [0.25, 0.3) is 0 Å². The van der Waals surface area contributed by atoms with Gasteiger partial charge in [-0.2, -0.15) is 0 Å². The van der Waals surface area contributed by atoms with Gasteiger partial charge in [-0.05, 0) is 12.8 Å².